The highest BCUT2D eigenvalue weighted by Gasteiger charge is 2.45. The smallest absolute Gasteiger partial charge is 0.241 e. The standard InChI is InChI=1S/C40H50N8O6S2/c1-3-55(51,52)45-35(29-17-18-29)39(49)47-21-5-7-33(47)37-41-23-31(43-37)27-13-9-25(10-14-27)26-11-15-28(16-12-26)32-24-42-38(44-32)34-8-6-22-48(34)40(50)36(30-19-20-30)46-56(53,54)4-2/h9-16,23-24,29-30,33-36,45-46H,3-8,17-22H2,1-2H3,(H,41,43)(H,42,44)/t33?,34?,35-,36-/m1/s1. The van der Waals surface area contributed by atoms with E-state index >= 15 is 0 Å². The van der Waals surface area contributed by atoms with Gasteiger partial charge in [0.05, 0.1) is 47.4 Å². The van der Waals surface area contributed by atoms with Crippen molar-refractivity contribution < 1.29 is 26.4 Å². The zero-order chi connectivity index (χ0) is 39.2. The average molecular weight is 803 g/mol. The lowest BCUT2D eigenvalue weighted by molar-refractivity contribution is -0.135. The summed E-state index contributed by atoms with van der Waals surface area (Å²) in [5.41, 5.74) is 5.69. The van der Waals surface area contributed by atoms with Gasteiger partial charge in [0, 0.05) is 13.1 Å². The Balaban J connectivity index is 0.915. The molecular weight excluding hydrogens is 753 g/mol. The molecule has 4 fully saturated rings. The molecular formula is C40H50N8O6S2. The Morgan fingerprint density at radius 2 is 0.982 bits per heavy atom. The Bertz CT molecular complexity index is 2120. The molecule has 0 radical (unpaired) electrons. The predicted molar refractivity (Wildman–Crippen MR) is 213 cm³/mol. The molecule has 4 aromatic rings. The van der Waals surface area contributed by atoms with E-state index in [1.54, 1.807) is 36.0 Å². The molecule has 2 aromatic carbocycles. The van der Waals surface area contributed by atoms with E-state index in [1.807, 2.05) is 24.3 Å². The lowest BCUT2D eigenvalue weighted by Crippen LogP contribution is -2.50. The number of likely N-dealkylation sites (tertiary alicyclic amines) is 2. The average Bonchev–Trinajstić information content (AvgIpc) is 3.93. The fourth-order valence-corrected chi connectivity index (χ4v) is 9.78. The summed E-state index contributed by atoms with van der Waals surface area (Å²) in [6.07, 6.45) is 10.1. The van der Waals surface area contributed by atoms with Gasteiger partial charge in [0.1, 0.15) is 23.7 Å². The molecule has 2 unspecified atom stereocenters. The van der Waals surface area contributed by atoms with Crippen LogP contribution in [0.25, 0.3) is 33.6 Å². The number of hydrogen-bond acceptors (Lipinski definition) is 8. The lowest BCUT2D eigenvalue weighted by Gasteiger charge is -2.28. The third-order valence-electron chi connectivity index (χ3n) is 11.7. The van der Waals surface area contributed by atoms with Crippen molar-refractivity contribution in [3.63, 3.8) is 0 Å². The van der Waals surface area contributed by atoms with E-state index in [9.17, 15) is 26.4 Å². The summed E-state index contributed by atoms with van der Waals surface area (Å²) in [7, 11) is -7.03. The number of nitrogens with one attached hydrogen (secondary N) is 4. The van der Waals surface area contributed by atoms with Crippen LogP contribution in [0.3, 0.4) is 0 Å². The van der Waals surface area contributed by atoms with E-state index in [1.165, 1.54) is 0 Å². The van der Waals surface area contributed by atoms with Crippen LogP contribution < -0.4 is 9.44 Å². The molecule has 2 aliphatic carbocycles. The van der Waals surface area contributed by atoms with Crippen LogP contribution in [0.1, 0.15) is 88.9 Å². The number of H-pyrrole nitrogens is 2. The number of sulfonamides is 2. The largest absolute Gasteiger partial charge is 0.340 e. The summed E-state index contributed by atoms with van der Waals surface area (Å²) in [6.45, 7) is 4.29. The number of nitrogens with zero attached hydrogens (tertiary/aromatic N) is 4. The van der Waals surface area contributed by atoms with Crippen molar-refractivity contribution in [3.05, 3.63) is 72.6 Å². The molecule has 298 valence electrons. The predicted octanol–water partition coefficient (Wildman–Crippen LogP) is 4.90. The molecule has 2 saturated heterocycles. The molecule has 14 nitrogen and oxygen atoms in total. The highest BCUT2D eigenvalue weighted by Crippen LogP contribution is 2.40. The van der Waals surface area contributed by atoms with Crippen LogP contribution in [0, 0.1) is 11.8 Å². The Labute approximate surface area is 328 Å². The van der Waals surface area contributed by atoms with Crippen molar-refractivity contribution in [3.8, 4) is 33.6 Å². The molecule has 2 aliphatic heterocycles. The van der Waals surface area contributed by atoms with E-state index in [0.29, 0.717) is 24.7 Å². The number of carbonyl (C=O) groups excluding carboxylic acids is 2. The normalized spacial score (nSPS) is 21.4. The van der Waals surface area contributed by atoms with E-state index < -0.39 is 32.1 Å². The molecule has 4 atom stereocenters. The van der Waals surface area contributed by atoms with Crippen LogP contribution in [0.5, 0.6) is 0 Å². The number of amides is 2. The minimum Gasteiger partial charge on any atom is -0.340 e. The van der Waals surface area contributed by atoms with E-state index in [0.717, 1.165) is 85.0 Å². The quantitative estimate of drug-likeness (QED) is 0.131. The first-order valence-corrected chi connectivity index (χ1v) is 23.2. The molecule has 2 amide bonds. The van der Waals surface area contributed by atoms with E-state index in [4.69, 9.17) is 0 Å². The molecule has 0 spiro atoms. The summed E-state index contributed by atoms with van der Waals surface area (Å²) < 4.78 is 54.8. The maximum absolute atomic E-state index is 13.7. The minimum atomic E-state index is -3.52. The van der Waals surface area contributed by atoms with Crippen LogP contribution in [-0.2, 0) is 29.6 Å². The molecule has 4 heterocycles. The first kappa shape index (κ1) is 38.5. The van der Waals surface area contributed by atoms with Crippen molar-refractivity contribution in [2.45, 2.75) is 89.4 Å². The topological polar surface area (TPSA) is 190 Å². The SMILES string of the molecule is CCS(=O)(=O)N[C@@H](C(=O)N1CCCC1c1ncc(-c2ccc(-c3ccc(-c4cnc(C5CCCN5C(=O)[C@H](NS(=O)(=O)CC)C5CC5)[nH]4)cc3)cc2)[nH]1)C1CC1. The van der Waals surface area contributed by atoms with Crippen molar-refractivity contribution >= 4 is 31.9 Å². The van der Waals surface area contributed by atoms with Gasteiger partial charge in [0.2, 0.25) is 31.9 Å². The van der Waals surface area contributed by atoms with Gasteiger partial charge in [-0.25, -0.2) is 36.2 Å². The number of rotatable bonds is 15. The number of aromatic nitrogens is 4. The molecule has 4 aliphatic rings. The Kier molecular flexibility index (Phi) is 10.7. The van der Waals surface area contributed by atoms with Crippen molar-refractivity contribution in [2.75, 3.05) is 24.6 Å². The van der Waals surface area contributed by atoms with Gasteiger partial charge in [-0.05, 0) is 99.3 Å². The van der Waals surface area contributed by atoms with Gasteiger partial charge in [0.25, 0.3) is 0 Å². The van der Waals surface area contributed by atoms with Crippen LogP contribution in [0.15, 0.2) is 60.9 Å². The third kappa shape index (κ3) is 8.20. The van der Waals surface area contributed by atoms with Crippen LogP contribution >= 0.6 is 0 Å². The summed E-state index contributed by atoms with van der Waals surface area (Å²) in [5.74, 6) is 1.04. The molecule has 8 rings (SSSR count). The lowest BCUT2D eigenvalue weighted by atomic mass is 10.0. The van der Waals surface area contributed by atoms with Crippen LogP contribution in [-0.4, -0.2) is 95.1 Å². The Morgan fingerprint density at radius 3 is 1.32 bits per heavy atom. The van der Waals surface area contributed by atoms with Crippen molar-refractivity contribution in [1.29, 1.82) is 0 Å². The van der Waals surface area contributed by atoms with Crippen molar-refractivity contribution in [1.82, 2.24) is 39.2 Å². The highest BCUT2D eigenvalue weighted by molar-refractivity contribution is 7.89. The fraction of sp³-hybridized carbons (Fsp3) is 0.500. The molecule has 0 bridgehead atoms. The number of imidazole rings is 2. The second-order valence-corrected chi connectivity index (χ2v) is 19.7. The van der Waals surface area contributed by atoms with Gasteiger partial charge >= 0.3 is 0 Å². The summed E-state index contributed by atoms with van der Waals surface area (Å²) in [4.78, 5) is 47.1. The third-order valence-corrected chi connectivity index (χ3v) is 14.5. The monoisotopic (exact) mass is 802 g/mol. The maximum atomic E-state index is 13.7. The van der Waals surface area contributed by atoms with E-state index in [-0.39, 0.29) is 47.2 Å². The number of carbonyl (C=O) groups is 2. The van der Waals surface area contributed by atoms with Crippen LogP contribution in [0.2, 0.25) is 0 Å². The Hall–Kier alpha value is -4.38. The maximum Gasteiger partial charge on any atom is 0.241 e. The van der Waals surface area contributed by atoms with Gasteiger partial charge in [-0.3, -0.25) is 9.59 Å². The second-order valence-electron chi connectivity index (χ2n) is 15.6. The molecule has 16 heteroatoms. The summed E-state index contributed by atoms with van der Waals surface area (Å²) in [6, 6.07) is 14.5. The fourth-order valence-electron chi connectivity index (χ4n) is 8.09. The molecule has 2 saturated carbocycles. The summed E-state index contributed by atoms with van der Waals surface area (Å²) >= 11 is 0. The van der Waals surface area contributed by atoms with Gasteiger partial charge in [-0.15, -0.1) is 0 Å². The van der Waals surface area contributed by atoms with Gasteiger partial charge in [-0.2, -0.15) is 0 Å². The van der Waals surface area contributed by atoms with Crippen LogP contribution in [0.4, 0.5) is 0 Å². The van der Waals surface area contributed by atoms with Crippen molar-refractivity contribution in [2.24, 2.45) is 11.8 Å². The first-order chi connectivity index (χ1) is 26.9. The molecule has 56 heavy (non-hydrogen) atoms. The van der Waals surface area contributed by atoms with Gasteiger partial charge < -0.3 is 19.8 Å². The molecule has 2 aromatic heterocycles. The zero-order valence-corrected chi connectivity index (χ0v) is 33.4. The zero-order valence-electron chi connectivity index (χ0n) is 31.8. The highest BCUT2D eigenvalue weighted by atomic mass is 32.2. The van der Waals surface area contributed by atoms with E-state index in [2.05, 4.69) is 53.6 Å². The summed E-state index contributed by atoms with van der Waals surface area (Å²) in [5, 5.41) is 0. The number of aromatic amines is 2. The van der Waals surface area contributed by atoms with Gasteiger partial charge in [-0.1, -0.05) is 48.5 Å². The minimum absolute atomic E-state index is 0.0435. The Morgan fingerprint density at radius 1 is 0.625 bits per heavy atom. The number of benzene rings is 2. The number of hydrogen-bond donors (Lipinski definition) is 4. The molecule has 4 N–H and O–H groups in total. The second kappa shape index (κ2) is 15.5. The van der Waals surface area contributed by atoms with Gasteiger partial charge in [0.15, 0.2) is 0 Å². The first-order valence-electron chi connectivity index (χ1n) is 19.9.